The molecule has 1 N–H and O–H groups in total. The van der Waals surface area contributed by atoms with E-state index in [-0.39, 0.29) is 18.6 Å². The maximum atomic E-state index is 12.6. The van der Waals surface area contributed by atoms with Crippen LogP contribution in [0.3, 0.4) is 0 Å². The van der Waals surface area contributed by atoms with Gasteiger partial charge in [0.25, 0.3) is 0 Å². The molecule has 3 rings (SSSR count). The van der Waals surface area contributed by atoms with E-state index in [1.54, 1.807) is 22.8 Å². The highest BCUT2D eigenvalue weighted by molar-refractivity contribution is 7.92. The average Bonchev–Trinajstić information content (AvgIpc) is 2.67. The second-order valence-corrected chi connectivity index (χ2v) is 9.40. The van der Waals surface area contributed by atoms with E-state index >= 15 is 0 Å². The van der Waals surface area contributed by atoms with Crippen molar-refractivity contribution in [2.24, 2.45) is 0 Å². The minimum Gasteiger partial charge on any atom is -0.449 e. The molecule has 0 saturated carbocycles. The van der Waals surface area contributed by atoms with Gasteiger partial charge in [0.15, 0.2) is 0 Å². The summed E-state index contributed by atoms with van der Waals surface area (Å²) in [6.45, 7) is 7.54. The average molecular weight is 446 g/mol. The van der Waals surface area contributed by atoms with E-state index in [2.05, 4.69) is 4.72 Å². The van der Waals surface area contributed by atoms with Gasteiger partial charge in [0.2, 0.25) is 15.9 Å². The van der Waals surface area contributed by atoms with Gasteiger partial charge < -0.3 is 9.64 Å². The molecule has 1 aliphatic rings. The molecule has 1 atom stereocenters. The van der Waals surface area contributed by atoms with Gasteiger partial charge in [-0.2, -0.15) is 0 Å². The van der Waals surface area contributed by atoms with Crippen LogP contribution in [0, 0.1) is 6.92 Å². The Hall–Kier alpha value is -3.07. The molecule has 8 nitrogen and oxygen atoms in total. The van der Waals surface area contributed by atoms with Gasteiger partial charge in [-0.1, -0.05) is 12.1 Å². The maximum Gasteiger partial charge on any atom is 0.414 e. The number of nitrogens with zero attached hydrogens (tertiary/aromatic N) is 2. The van der Waals surface area contributed by atoms with Crippen molar-refractivity contribution in [1.29, 1.82) is 0 Å². The van der Waals surface area contributed by atoms with E-state index < -0.39 is 16.1 Å². The first-order valence-electron chi connectivity index (χ1n) is 9.98. The first-order valence-corrected chi connectivity index (χ1v) is 11.9. The molecule has 166 valence electrons. The van der Waals surface area contributed by atoms with E-state index in [0.717, 1.165) is 22.9 Å². The Morgan fingerprint density at radius 3 is 2.35 bits per heavy atom. The van der Waals surface area contributed by atoms with Crippen LogP contribution < -0.4 is 14.5 Å². The van der Waals surface area contributed by atoms with Gasteiger partial charge in [0, 0.05) is 13.5 Å². The molecule has 31 heavy (non-hydrogen) atoms. The normalized spacial score (nSPS) is 16.0. The number of carbonyl (C=O) groups is 2. The number of anilines is 3. The lowest BCUT2D eigenvalue weighted by molar-refractivity contribution is -0.117. The Morgan fingerprint density at radius 2 is 1.77 bits per heavy atom. The molecule has 0 aliphatic carbocycles. The number of sulfonamides is 1. The van der Waals surface area contributed by atoms with Gasteiger partial charge in [-0.25, -0.2) is 13.2 Å². The highest BCUT2D eigenvalue weighted by Crippen LogP contribution is 2.39. The largest absolute Gasteiger partial charge is 0.449 e. The van der Waals surface area contributed by atoms with Crippen LogP contribution in [0.15, 0.2) is 36.4 Å². The summed E-state index contributed by atoms with van der Waals surface area (Å²) in [6.07, 6.45) is 0.648. The zero-order valence-corrected chi connectivity index (χ0v) is 19.1. The van der Waals surface area contributed by atoms with E-state index in [0.29, 0.717) is 23.6 Å². The number of ether oxygens (including phenoxy) is 1. The zero-order chi connectivity index (χ0) is 22.9. The summed E-state index contributed by atoms with van der Waals surface area (Å²) in [4.78, 5) is 28.1. The number of amides is 2. The fraction of sp³-hybridized carbons (Fsp3) is 0.364. The van der Waals surface area contributed by atoms with E-state index in [4.69, 9.17) is 4.74 Å². The van der Waals surface area contributed by atoms with Crippen LogP contribution in [0.25, 0.3) is 11.1 Å². The van der Waals surface area contributed by atoms with Crippen LogP contribution in [0.5, 0.6) is 0 Å². The van der Waals surface area contributed by atoms with E-state index in [9.17, 15) is 18.0 Å². The first kappa shape index (κ1) is 22.6. The van der Waals surface area contributed by atoms with Crippen molar-refractivity contribution in [2.45, 2.75) is 33.7 Å². The Balaban J connectivity index is 2.07. The van der Waals surface area contributed by atoms with Crippen molar-refractivity contribution in [3.63, 3.8) is 0 Å². The van der Waals surface area contributed by atoms with Gasteiger partial charge >= 0.3 is 6.09 Å². The lowest BCUT2D eigenvalue weighted by Crippen LogP contribution is -2.51. The number of aryl methyl sites for hydroxylation is 1. The molecule has 0 saturated heterocycles. The molecule has 2 amide bonds. The number of carbonyl (C=O) groups excluding carboxylic acids is 2. The number of rotatable bonds is 4. The molecule has 0 aromatic heterocycles. The summed E-state index contributed by atoms with van der Waals surface area (Å²) < 4.78 is 30.8. The zero-order valence-electron chi connectivity index (χ0n) is 18.3. The molecule has 0 bridgehead atoms. The van der Waals surface area contributed by atoms with Gasteiger partial charge in [0.1, 0.15) is 0 Å². The molecule has 0 unspecified atom stereocenters. The predicted octanol–water partition coefficient (Wildman–Crippen LogP) is 3.75. The Morgan fingerprint density at radius 1 is 1.13 bits per heavy atom. The Labute approximate surface area is 182 Å². The molecular formula is C22H27N3O5S. The van der Waals surface area contributed by atoms with Crippen molar-refractivity contribution < 1.29 is 22.7 Å². The van der Waals surface area contributed by atoms with Crippen LogP contribution in [0.1, 0.15) is 26.3 Å². The Kier molecular flexibility index (Phi) is 6.26. The standard InChI is InChI=1S/C22H27N3O5S/c1-6-30-22(27)24-13-15(3)25(16(4)26)20-10-8-18(12-21(20)24)17-7-9-19(14(2)11-17)23-31(5,28)29/h7-12,15,23H,6,13H2,1-5H3/t15-/m0/s1. The first-order chi connectivity index (χ1) is 14.5. The van der Waals surface area contributed by atoms with Gasteiger partial charge in [-0.15, -0.1) is 0 Å². The summed E-state index contributed by atoms with van der Waals surface area (Å²) in [6, 6.07) is 10.8. The minimum absolute atomic E-state index is 0.0999. The highest BCUT2D eigenvalue weighted by Gasteiger charge is 2.34. The molecule has 2 aromatic rings. The molecule has 9 heteroatoms. The molecular weight excluding hydrogens is 418 g/mol. The van der Waals surface area contributed by atoms with Crippen LogP contribution >= 0.6 is 0 Å². The third-order valence-corrected chi connectivity index (χ3v) is 5.69. The third kappa shape index (κ3) is 4.82. The predicted molar refractivity (Wildman–Crippen MR) is 122 cm³/mol. The lowest BCUT2D eigenvalue weighted by atomic mass is 9.99. The lowest BCUT2D eigenvalue weighted by Gasteiger charge is -2.40. The SMILES string of the molecule is CCOC(=O)N1C[C@H](C)N(C(C)=O)c2ccc(-c3ccc(NS(C)(=O)=O)c(C)c3)cc21. The van der Waals surface area contributed by atoms with Gasteiger partial charge in [-0.3, -0.25) is 14.4 Å². The second kappa shape index (κ2) is 8.58. The summed E-state index contributed by atoms with van der Waals surface area (Å²) in [5.41, 5.74) is 4.21. The van der Waals surface area contributed by atoms with Crippen molar-refractivity contribution >= 4 is 39.1 Å². The van der Waals surface area contributed by atoms with Crippen LogP contribution in [0.2, 0.25) is 0 Å². The molecule has 0 fully saturated rings. The summed E-state index contributed by atoms with van der Waals surface area (Å²) >= 11 is 0. The van der Waals surface area contributed by atoms with E-state index in [1.807, 2.05) is 44.2 Å². The maximum absolute atomic E-state index is 12.6. The molecule has 0 radical (unpaired) electrons. The van der Waals surface area contributed by atoms with Crippen molar-refractivity contribution in [3.8, 4) is 11.1 Å². The molecule has 1 heterocycles. The summed E-state index contributed by atoms with van der Waals surface area (Å²) in [5, 5.41) is 0. The molecule has 2 aromatic carbocycles. The van der Waals surface area contributed by atoms with E-state index in [1.165, 1.54) is 6.92 Å². The minimum atomic E-state index is -3.38. The second-order valence-electron chi connectivity index (χ2n) is 7.65. The monoisotopic (exact) mass is 445 g/mol. The molecule has 0 spiro atoms. The summed E-state index contributed by atoms with van der Waals surface area (Å²) in [5.74, 6) is -0.0999. The Bertz CT molecular complexity index is 1130. The number of benzene rings is 2. The highest BCUT2D eigenvalue weighted by atomic mass is 32.2. The fourth-order valence-electron chi connectivity index (χ4n) is 3.82. The van der Waals surface area contributed by atoms with Crippen LogP contribution in [0.4, 0.5) is 21.9 Å². The fourth-order valence-corrected chi connectivity index (χ4v) is 4.44. The summed E-state index contributed by atoms with van der Waals surface area (Å²) in [7, 11) is -3.38. The van der Waals surface area contributed by atoms with Crippen molar-refractivity contribution in [3.05, 3.63) is 42.0 Å². The van der Waals surface area contributed by atoms with Gasteiger partial charge in [0.05, 0.1) is 36.0 Å². The number of fused-ring (bicyclic) bond motifs is 1. The van der Waals surface area contributed by atoms with Crippen LogP contribution in [-0.2, 0) is 19.6 Å². The third-order valence-electron chi connectivity index (χ3n) is 5.10. The number of hydrogen-bond donors (Lipinski definition) is 1. The molecule has 1 aliphatic heterocycles. The van der Waals surface area contributed by atoms with Crippen molar-refractivity contribution in [1.82, 2.24) is 0 Å². The van der Waals surface area contributed by atoms with Gasteiger partial charge in [-0.05, 0) is 61.7 Å². The van der Waals surface area contributed by atoms with Crippen LogP contribution in [-0.4, -0.2) is 45.9 Å². The quantitative estimate of drug-likeness (QED) is 0.773. The topological polar surface area (TPSA) is 96.0 Å². The smallest absolute Gasteiger partial charge is 0.414 e. The number of hydrogen-bond acceptors (Lipinski definition) is 5. The van der Waals surface area contributed by atoms with Crippen molar-refractivity contribution in [2.75, 3.05) is 33.9 Å². The number of nitrogens with one attached hydrogen (secondary N) is 1.